The summed E-state index contributed by atoms with van der Waals surface area (Å²) in [5, 5.41) is 0.352. The van der Waals surface area contributed by atoms with Crippen molar-refractivity contribution in [2.75, 3.05) is 20.8 Å². The minimum atomic E-state index is -0.638. The fraction of sp³-hybridized carbons (Fsp3) is 0.158. The molecule has 0 saturated carbocycles. The summed E-state index contributed by atoms with van der Waals surface area (Å²) >= 11 is 9.40. The van der Waals surface area contributed by atoms with E-state index in [0.29, 0.717) is 27.6 Å². The summed E-state index contributed by atoms with van der Waals surface area (Å²) in [7, 11) is 2.97. The molecule has 0 aromatic heterocycles. The van der Waals surface area contributed by atoms with Crippen LogP contribution in [0.3, 0.4) is 0 Å². The maximum Gasteiger partial charge on any atom is 0.331 e. The van der Waals surface area contributed by atoms with Crippen LogP contribution >= 0.6 is 27.5 Å². The van der Waals surface area contributed by atoms with Crippen LogP contribution in [-0.4, -0.2) is 32.6 Å². The van der Waals surface area contributed by atoms with Gasteiger partial charge in [0.05, 0.1) is 19.2 Å². The van der Waals surface area contributed by atoms with Gasteiger partial charge in [-0.15, -0.1) is 0 Å². The van der Waals surface area contributed by atoms with E-state index in [1.165, 1.54) is 26.4 Å². The first-order valence-corrected chi connectivity index (χ1v) is 8.67. The number of ether oxygens (including phenoxy) is 3. The van der Waals surface area contributed by atoms with E-state index in [1.54, 1.807) is 36.4 Å². The molecule has 2 rings (SSSR count). The number of hydrogen-bond donors (Lipinski definition) is 0. The van der Waals surface area contributed by atoms with Crippen LogP contribution in [0.2, 0.25) is 5.02 Å². The Labute approximate surface area is 164 Å². The zero-order chi connectivity index (χ0) is 19.1. The first kappa shape index (κ1) is 20.0. The Morgan fingerprint density at radius 1 is 1.12 bits per heavy atom. The molecule has 0 heterocycles. The van der Waals surface area contributed by atoms with Crippen molar-refractivity contribution in [2.45, 2.75) is 0 Å². The summed E-state index contributed by atoms with van der Waals surface area (Å²) < 4.78 is 16.2. The van der Waals surface area contributed by atoms with E-state index in [0.717, 1.165) is 4.47 Å². The van der Waals surface area contributed by atoms with Crippen molar-refractivity contribution in [1.29, 1.82) is 0 Å². The van der Waals surface area contributed by atoms with Gasteiger partial charge in [-0.1, -0.05) is 39.7 Å². The minimum Gasteiger partial charge on any atom is -0.493 e. The number of halogens is 2. The van der Waals surface area contributed by atoms with E-state index in [2.05, 4.69) is 15.9 Å². The zero-order valence-electron chi connectivity index (χ0n) is 14.1. The molecule has 0 amide bonds. The van der Waals surface area contributed by atoms with Gasteiger partial charge in [-0.3, -0.25) is 4.79 Å². The predicted octanol–water partition coefficient (Wildman–Crippen LogP) is 4.56. The molecule has 0 atom stereocenters. The summed E-state index contributed by atoms with van der Waals surface area (Å²) in [6.07, 6.45) is 2.73. The maximum atomic E-state index is 12.0. The fourth-order valence-corrected chi connectivity index (χ4v) is 2.66. The quantitative estimate of drug-likeness (QED) is 0.359. The van der Waals surface area contributed by atoms with E-state index >= 15 is 0 Å². The molecule has 0 radical (unpaired) electrons. The van der Waals surface area contributed by atoms with Crippen LogP contribution < -0.4 is 9.47 Å². The number of ketones is 1. The molecule has 0 aliphatic carbocycles. The fourth-order valence-electron chi connectivity index (χ4n) is 2.10. The zero-order valence-corrected chi connectivity index (χ0v) is 16.5. The third kappa shape index (κ3) is 5.34. The third-order valence-corrected chi connectivity index (χ3v) is 4.19. The Hall–Kier alpha value is -2.31. The average molecular weight is 440 g/mol. The first-order chi connectivity index (χ1) is 12.4. The molecule has 0 N–H and O–H groups in total. The van der Waals surface area contributed by atoms with Gasteiger partial charge in [0.2, 0.25) is 0 Å². The highest BCUT2D eigenvalue weighted by Crippen LogP contribution is 2.36. The topological polar surface area (TPSA) is 61.8 Å². The molecule has 7 heteroatoms. The number of Topliss-reactive ketones (excluding diaryl/α,β-unsaturated/α-hetero) is 1. The lowest BCUT2D eigenvalue weighted by Crippen LogP contribution is -2.12. The number of carbonyl (C=O) groups excluding carboxylic acids is 2. The monoisotopic (exact) mass is 438 g/mol. The van der Waals surface area contributed by atoms with Crippen molar-refractivity contribution in [3.8, 4) is 11.5 Å². The lowest BCUT2D eigenvalue weighted by atomic mass is 10.1. The van der Waals surface area contributed by atoms with Gasteiger partial charge >= 0.3 is 5.97 Å². The molecular formula is C19H16BrClO5. The van der Waals surface area contributed by atoms with Crippen molar-refractivity contribution in [3.63, 3.8) is 0 Å². The molecule has 0 aliphatic rings. The van der Waals surface area contributed by atoms with Crippen LogP contribution in [0.4, 0.5) is 0 Å². The molecule has 2 aromatic carbocycles. The molecule has 2 aromatic rings. The van der Waals surface area contributed by atoms with Gasteiger partial charge in [0, 0.05) is 16.1 Å². The van der Waals surface area contributed by atoms with Gasteiger partial charge < -0.3 is 14.2 Å². The summed E-state index contributed by atoms with van der Waals surface area (Å²) in [6.45, 7) is -0.336. The van der Waals surface area contributed by atoms with Crippen molar-refractivity contribution >= 4 is 45.4 Å². The normalized spacial score (nSPS) is 10.6. The number of hydrogen-bond acceptors (Lipinski definition) is 5. The van der Waals surface area contributed by atoms with Gasteiger partial charge in [-0.2, -0.15) is 0 Å². The standard InChI is InChI=1S/C19H16BrClO5/c1-24-17-10-12(9-15(21)19(17)25-2)3-8-18(23)26-11-16(22)13-4-6-14(20)7-5-13/h3-10H,11H2,1-2H3/b8-3+. The number of carbonyl (C=O) groups is 2. The molecule has 26 heavy (non-hydrogen) atoms. The van der Waals surface area contributed by atoms with Crippen molar-refractivity contribution in [1.82, 2.24) is 0 Å². The Kier molecular flexibility index (Phi) is 7.24. The van der Waals surface area contributed by atoms with Crippen LogP contribution in [-0.2, 0) is 9.53 Å². The highest BCUT2D eigenvalue weighted by Gasteiger charge is 2.11. The highest BCUT2D eigenvalue weighted by molar-refractivity contribution is 9.10. The van der Waals surface area contributed by atoms with E-state index in [-0.39, 0.29) is 12.4 Å². The molecule has 0 bridgehead atoms. The van der Waals surface area contributed by atoms with Crippen LogP contribution in [0, 0.1) is 0 Å². The van der Waals surface area contributed by atoms with Crippen molar-refractivity contribution < 1.29 is 23.8 Å². The largest absolute Gasteiger partial charge is 0.493 e. The Balaban J connectivity index is 1.98. The number of benzene rings is 2. The molecule has 0 unspecified atom stereocenters. The molecule has 0 aliphatic heterocycles. The second-order valence-electron chi connectivity index (χ2n) is 5.11. The van der Waals surface area contributed by atoms with Crippen LogP contribution in [0.5, 0.6) is 11.5 Å². The van der Waals surface area contributed by atoms with Gasteiger partial charge in [0.1, 0.15) is 0 Å². The first-order valence-electron chi connectivity index (χ1n) is 7.49. The summed E-state index contributed by atoms with van der Waals surface area (Å²) in [5.41, 5.74) is 1.10. The smallest absolute Gasteiger partial charge is 0.331 e. The maximum absolute atomic E-state index is 12.0. The van der Waals surface area contributed by atoms with E-state index in [4.69, 9.17) is 25.8 Å². The van der Waals surface area contributed by atoms with Crippen LogP contribution in [0.1, 0.15) is 15.9 Å². The summed E-state index contributed by atoms with van der Waals surface area (Å²) in [5.74, 6) is -0.0674. The minimum absolute atomic E-state index is 0.284. The van der Waals surface area contributed by atoms with E-state index in [9.17, 15) is 9.59 Å². The summed E-state index contributed by atoms with van der Waals surface area (Å²) in [6, 6.07) is 10.1. The molecule has 0 fully saturated rings. The molecule has 136 valence electrons. The molecule has 5 nitrogen and oxygen atoms in total. The van der Waals surface area contributed by atoms with Crippen molar-refractivity contribution in [3.05, 3.63) is 63.1 Å². The van der Waals surface area contributed by atoms with Gasteiger partial charge in [0.25, 0.3) is 0 Å². The van der Waals surface area contributed by atoms with E-state index < -0.39 is 5.97 Å². The SMILES string of the molecule is COc1cc(/C=C/C(=O)OCC(=O)c2ccc(Br)cc2)cc(Cl)c1OC. The Morgan fingerprint density at radius 3 is 2.42 bits per heavy atom. The lowest BCUT2D eigenvalue weighted by Gasteiger charge is -2.10. The highest BCUT2D eigenvalue weighted by atomic mass is 79.9. The molecular weight excluding hydrogens is 424 g/mol. The summed E-state index contributed by atoms with van der Waals surface area (Å²) in [4.78, 5) is 23.8. The molecule has 0 saturated heterocycles. The van der Waals surface area contributed by atoms with Gasteiger partial charge in [-0.05, 0) is 35.9 Å². The second-order valence-corrected chi connectivity index (χ2v) is 6.43. The average Bonchev–Trinajstić information content (AvgIpc) is 2.64. The predicted molar refractivity (Wildman–Crippen MR) is 103 cm³/mol. The van der Waals surface area contributed by atoms with Crippen molar-refractivity contribution in [2.24, 2.45) is 0 Å². The van der Waals surface area contributed by atoms with Gasteiger partial charge in [-0.25, -0.2) is 4.79 Å². The Morgan fingerprint density at radius 2 is 1.81 bits per heavy atom. The number of methoxy groups -OCH3 is 2. The molecule has 0 spiro atoms. The number of esters is 1. The second kappa shape index (κ2) is 9.40. The van der Waals surface area contributed by atoms with Crippen LogP contribution in [0.15, 0.2) is 46.9 Å². The van der Waals surface area contributed by atoms with Crippen LogP contribution in [0.25, 0.3) is 6.08 Å². The number of rotatable bonds is 7. The Bertz CT molecular complexity index is 831. The van der Waals surface area contributed by atoms with E-state index in [1.807, 2.05) is 0 Å². The van der Waals surface area contributed by atoms with Gasteiger partial charge in [0.15, 0.2) is 23.9 Å². The third-order valence-electron chi connectivity index (χ3n) is 3.38. The lowest BCUT2D eigenvalue weighted by molar-refractivity contribution is -0.136.